The third kappa shape index (κ3) is 5.71. The Morgan fingerprint density at radius 2 is 1.97 bits per heavy atom. The van der Waals surface area contributed by atoms with Gasteiger partial charge in [-0.05, 0) is 30.4 Å². The number of thiazole rings is 1. The summed E-state index contributed by atoms with van der Waals surface area (Å²) in [7, 11) is 1.45. The van der Waals surface area contributed by atoms with Crippen LogP contribution in [-0.4, -0.2) is 84.6 Å². The Labute approximate surface area is 209 Å². The van der Waals surface area contributed by atoms with Crippen LogP contribution in [0.2, 0.25) is 0 Å². The lowest BCUT2D eigenvalue weighted by Crippen LogP contribution is -2.59. The van der Waals surface area contributed by atoms with E-state index in [0.29, 0.717) is 32.7 Å². The molecule has 0 radical (unpaired) electrons. The minimum Gasteiger partial charge on any atom is -0.377 e. The molecule has 0 aliphatic carbocycles. The van der Waals surface area contributed by atoms with Gasteiger partial charge in [0.2, 0.25) is 17.7 Å². The van der Waals surface area contributed by atoms with Crippen LogP contribution in [0, 0.1) is 12.8 Å². The molecule has 2 fully saturated rings. The van der Waals surface area contributed by atoms with Crippen molar-refractivity contribution in [2.45, 2.75) is 38.9 Å². The zero-order valence-corrected chi connectivity index (χ0v) is 21.2. The highest BCUT2D eigenvalue weighted by molar-refractivity contribution is 7.13. The van der Waals surface area contributed by atoms with E-state index in [4.69, 9.17) is 9.47 Å². The molecule has 3 heterocycles. The number of hydrogen-bond donors (Lipinski definition) is 1. The Hall–Kier alpha value is -2.82. The number of methoxy groups -OCH3 is 1. The van der Waals surface area contributed by atoms with Crippen molar-refractivity contribution in [3.63, 3.8) is 0 Å². The van der Waals surface area contributed by atoms with Crippen LogP contribution in [-0.2, 0) is 30.4 Å². The van der Waals surface area contributed by atoms with Gasteiger partial charge in [0, 0.05) is 26.7 Å². The fraction of sp³-hybridized carbons (Fsp3) is 0.520. The summed E-state index contributed by atoms with van der Waals surface area (Å²) in [6, 6.07) is 6.74. The molecule has 2 saturated heterocycles. The molecule has 2 aromatic rings. The maximum atomic E-state index is 13.5. The number of aromatic nitrogens is 1. The van der Waals surface area contributed by atoms with Crippen molar-refractivity contribution in [1.29, 1.82) is 0 Å². The van der Waals surface area contributed by atoms with Crippen LogP contribution in [0.25, 0.3) is 10.4 Å². The molecular weight excluding hydrogens is 468 g/mol. The largest absolute Gasteiger partial charge is 0.377 e. The summed E-state index contributed by atoms with van der Waals surface area (Å²) in [4.78, 5) is 47.6. The van der Waals surface area contributed by atoms with Crippen LogP contribution < -0.4 is 5.32 Å². The second-order valence-electron chi connectivity index (χ2n) is 9.14. The highest BCUT2D eigenvalue weighted by Crippen LogP contribution is 2.28. The number of ether oxygens (including phenoxy) is 2. The second-order valence-corrected chi connectivity index (χ2v) is 9.99. The van der Waals surface area contributed by atoms with Crippen molar-refractivity contribution >= 4 is 29.1 Å². The molecule has 1 aromatic heterocycles. The summed E-state index contributed by atoms with van der Waals surface area (Å²) in [6.45, 7) is 5.60. The number of morpholine rings is 1. The van der Waals surface area contributed by atoms with Crippen molar-refractivity contribution in [2.75, 3.05) is 40.0 Å². The Morgan fingerprint density at radius 3 is 2.66 bits per heavy atom. The van der Waals surface area contributed by atoms with E-state index in [0.717, 1.165) is 21.7 Å². The maximum Gasteiger partial charge on any atom is 0.249 e. The molecule has 188 valence electrons. The first-order valence-corrected chi connectivity index (χ1v) is 12.7. The average Bonchev–Trinajstić information content (AvgIpc) is 3.48. The number of likely N-dealkylation sites (tertiary alicyclic amines) is 1. The molecule has 4 rings (SSSR count). The molecule has 3 amide bonds. The van der Waals surface area contributed by atoms with Gasteiger partial charge in [0.15, 0.2) is 0 Å². The van der Waals surface area contributed by atoms with Gasteiger partial charge >= 0.3 is 0 Å². The van der Waals surface area contributed by atoms with Crippen LogP contribution in [0.4, 0.5) is 0 Å². The Morgan fingerprint density at radius 1 is 1.20 bits per heavy atom. The smallest absolute Gasteiger partial charge is 0.249 e. The van der Waals surface area contributed by atoms with Gasteiger partial charge in [-0.1, -0.05) is 31.2 Å². The lowest BCUT2D eigenvalue weighted by Gasteiger charge is -2.37. The van der Waals surface area contributed by atoms with Crippen LogP contribution >= 0.6 is 11.3 Å². The van der Waals surface area contributed by atoms with Crippen molar-refractivity contribution in [3.8, 4) is 10.4 Å². The molecule has 3 atom stereocenters. The van der Waals surface area contributed by atoms with Crippen molar-refractivity contribution in [3.05, 3.63) is 41.0 Å². The number of hydrogen-bond acceptors (Lipinski definition) is 7. The number of benzene rings is 1. The number of rotatable bonds is 7. The lowest BCUT2D eigenvalue weighted by molar-refractivity contribution is -0.157. The molecule has 2 aliphatic rings. The zero-order valence-electron chi connectivity index (χ0n) is 20.4. The summed E-state index contributed by atoms with van der Waals surface area (Å²) in [6.07, 6.45) is 0.584. The first-order chi connectivity index (χ1) is 16.9. The number of nitrogens with zero attached hydrogens (tertiary/aromatic N) is 3. The summed E-state index contributed by atoms with van der Waals surface area (Å²) in [5.41, 5.74) is 4.91. The van der Waals surface area contributed by atoms with Crippen molar-refractivity contribution in [2.24, 2.45) is 5.92 Å². The summed E-state index contributed by atoms with van der Waals surface area (Å²) >= 11 is 1.60. The van der Waals surface area contributed by atoms with Gasteiger partial charge in [0.1, 0.15) is 18.7 Å². The Balaban J connectivity index is 1.40. The van der Waals surface area contributed by atoms with E-state index >= 15 is 0 Å². The number of amides is 3. The third-order valence-electron chi connectivity index (χ3n) is 6.53. The summed E-state index contributed by atoms with van der Waals surface area (Å²) in [5.74, 6) is -0.497. The van der Waals surface area contributed by atoms with E-state index < -0.39 is 12.1 Å². The average molecular weight is 501 g/mol. The number of carbonyl (C=O) groups excluding carboxylic acids is 3. The number of nitrogens with one attached hydrogen (secondary N) is 1. The normalized spacial score (nSPS) is 22.3. The molecule has 9 nitrogen and oxygen atoms in total. The number of carbonyl (C=O) groups is 3. The molecule has 10 heteroatoms. The van der Waals surface area contributed by atoms with Crippen LogP contribution in [0.15, 0.2) is 29.8 Å². The fourth-order valence-corrected chi connectivity index (χ4v) is 5.51. The van der Waals surface area contributed by atoms with E-state index in [1.54, 1.807) is 16.2 Å². The van der Waals surface area contributed by atoms with E-state index in [1.807, 2.05) is 43.6 Å². The fourth-order valence-electron chi connectivity index (χ4n) is 4.70. The van der Waals surface area contributed by atoms with E-state index in [-0.39, 0.29) is 36.9 Å². The molecule has 1 aromatic carbocycles. The van der Waals surface area contributed by atoms with Gasteiger partial charge in [0.25, 0.3) is 0 Å². The predicted octanol–water partition coefficient (Wildman–Crippen LogP) is 1.85. The van der Waals surface area contributed by atoms with Crippen molar-refractivity contribution in [1.82, 2.24) is 20.1 Å². The quantitative estimate of drug-likeness (QED) is 0.623. The Kier molecular flexibility index (Phi) is 8.15. The van der Waals surface area contributed by atoms with E-state index in [2.05, 4.69) is 10.3 Å². The first-order valence-electron chi connectivity index (χ1n) is 11.8. The van der Waals surface area contributed by atoms with E-state index in [9.17, 15) is 14.4 Å². The predicted molar refractivity (Wildman–Crippen MR) is 132 cm³/mol. The van der Waals surface area contributed by atoms with E-state index in [1.165, 1.54) is 12.0 Å². The van der Waals surface area contributed by atoms with Gasteiger partial charge in [0.05, 0.1) is 29.3 Å². The Bertz CT molecular complexity index is 1060. The molecule has 2 aliphatic heterocycles. The van der Waals surface area contributed by atoms with Crippen LogP contribution in [0.5, 0.6) is 0 Å². The van der Waals surface area contributed by atoms with Gasteiger partial charge in [-0.25, -0.2) is 4.98 Å². The van der Waals surface area contributed by atoms with Gasteiger partial charge in [-0.2, -0.15) is 0 Å². The molecule has 0 saturated carbocycles. The number of aryl methyl sites for hydroxylation is 1. The maximum absolute atomic E-state index is 13.5. The third-order valence-corrected chi connectivity index (χ3v) is 7.50. The van der Waals surface area contributed by atoms with Gasteiger partial charge in [-0.15, -0.1) is 11.3 Å². The minimum atomic E-state index is -0.741. The van der Waals surface area contributed by atoms with Gasteiger partial charge < -0.3 is 24.6 Å². The SMILES string of the molecule is COCC(=O)N1CCOC[C@H]1C(=O)N1C[C@H](C)C[C@H]1C(=O)NCc1ccc(-c2scnc2C)cc1. The van der Waals surface area contributed by atoms with Gasteiger partial charge in [-0.3, -0.25) is 14.4 Å². The standard InChI is InChI=1S/C25H32N4O5S/c1-16-10-20(29(12-16)25(32)21-13-34-9-8-28(21)22(30)14-33-3)24(31)26-11-18-4-6-19(7-5-18)23-17(2)27-15-35-23/h4-7,15-16,20-21H,8-14H2,1-3H3,(H,26,31)/t16-,20+,21+/m1/s1. The van der Waals surface area contributed by atoms with Crippen LogP contribution in [0.3, 0.4) is 0 Å². The summed E-state index contributed by atoms with van der Waals surface area (Å²) < 4.78 is 10.5. The second kappa shape index (κ2) is 11.3. The van der Waals surface area contributed by atoms with Crippen LogP contribution in [0.1, 0.15) is 24.6 Å². The minimum absolute atomic E-state index is 0.0918. The molecule has 0 unspecified atom stereocenters. The molecule has 0 bridgehead atoms. The highest BCUT2D eigenvalue weighted by atomic mass is 32.1. The molecule has 1 N–H and O–H groups in total. The van der Waals surface area contributed by atoms with Crippen molar-refractivity contribution < 1.29 is 23.9 Å². The zero-order chi connectivity index (χ0) is 24.9. The topological polar surface area (TPSA) is 101 Å². The lowest BCUT2D eigenvalue weighted by atomic mass is 10.1. The molecular formula is C25H32N4O5S. The molecule has 0 spiro atoms. The monoisotopic (exact) mass is 500 g/mol. The molecule has 35 heavy (non-hydrogen) atoms. The first kappa shape index (κ1) is 25.3. The highest BCUT2D eigenvalue weighted by Gasteiger charge is 2.43. The summed E-state index contributed by atoms with van der Waals surface area (Å²) in [5, 5.41) is 2.99.